The summed E-state index contributed by atoms with van der Waals surface area (Å²) in [4.78, 5) is 12.5. The molecule has 162 valence electrons. The molecule has 0 aliphatic rings. The molecule has 0 aromatic heterocycles. The molecule has 32 heavy (non-hydrogen) atoms. The first-order chi connectivity index (χ1) is 15.4. The van der Waals surface area contributed by atoms with Crippen LogP contribution in [0, 0.1) is 14.9 Å². The van der Waals surface area contributed by atoms with E-state index in [4.69, 9.17) is 32.7 Å². The predicted molar refractivity (Wildman–Crippen MR) is 135 cm³/mol. The third-order valence-electron chi connectivity index (χ3n) is 4.36. The molecule has 1 amide bonds. The van der Waals surface area contributed by atoms with Crippen LogP contribution >= 0.6 is 45.8 Å². The molecule has 0 fully saturated rings. The monoisotopic (exact) mass is 578 g/mol. The van der Waals surface area contributed by atoms with Crippen molar-refractivity contribution >= 4 is 63.5 Å². The van der Waals surface area contributed by atoms with Gasteiger partial charge >= 0.3 is 0 Å². The van der Waals surface area contributed by atoms with Gasteiger partial charge in [0, 0.05) is 19.8 Å². The van der Waals surface area contributed by atoms with Gasteiger partial charge in [-0.15, -0.1) is 0 Å². The lowest BCUT2D eigenvalue weighted by Crippen LogP contribution is -2.13. The molecule has 0 aliphatic heterocycles. The van der Waals surface area contributed by atoms with Gasteiger partial charge in [-0.1, -0.05) is 41.4 Å². The summed E-state index contributed by atoms with van der Waals surface area (Å²) >= 11 is 14.8. The third-order valence-corrected chi connectivity index (χ3v) is 5.73. The second-order valence-corrected chi connectivity index (χ2v) is 8.61. The van der Waals surface area contributed by atoms with Gasteiger partial charge in [-0.3, -0.25) is 4.79 Å². The normalized spacial score (nSPS) is 10.9. The van der Waals surface area contributed by atoms with E-state index in [0.29, 0.717) is 27.8 Å². The van der Waals surface area contributed by atoms with Gasteiger partial charge in [-0.2, -0.15) is 5.26 Å². The Kier molecular flexibility index (Phi) is 8.39. The fraction of sp³-hybridized carbons (Fsp3) is 0.0833. The summed E-state index contributed by atoms with van der Waals surface area (Å²) in [6, 6.07) is 19.7. The Morgan fingerprint density at radius 3 is 2.50 bits per heavy atom. The number of nitrogens with one attached hydrogen (secondary N) is 1. The lowest BCUT2D eigenvalue weighted by molar-refractivity contribution is -0.112. The Bertz CT molecular complexity index is 1200. The van der Waals surface area contributed by atoms with Crippen LogP contribution in [0.3, 0.4) is 0 Å². The fourth-order valence-corrected chi connectivity index (χ4v) is 3.60. The minimum Gasteiger partial charge on any atom is -0.493 e. The van der Waals surface area contributed by atoms with Crippen LogP contribution in [0.5, 0.6) is 11.5 Å². The molecule has 0 radical (unpaired) electrons. The van der Waals surface area contributed by atoms with Crippen molar-refractivity contribution in [3.63, 3.8) is 0 Å². The molecule has 3 rings (SSSR count). The lowest BCUT2D eigenvalue weighted by atomic mass is 10.1. The summed E-state index contributed by atoms with van der Waals surface area (Å²) in [6.07, 6.45) is 1.44. The van der Waals surface area contributed by atoms with Gasteiger partial charge in [0.05, 0.1) is 12.1 Å². The topological polar surface area (TPSA) is 71.3 Å². The number of ether oxygens (including phenoxy) is 2. The number of benzene rings is 3. The van der Waals surface area contributed by atoms with Gasteiger partial charge in [-0.05, 0) is 76.7 Å². The average molecular weight is 579 g/mol. The first-order valence-electron chi connectivity index (χ1n) is 9.33. The number of hydrogen-bond acceptors (Lipinski definition) is 4. The van der Waals surface area contributed by atoms with E-state index in [0.717, 1.165) is 9.13 Å². The zero-order valence-corrected chi connectivity index (χ0v) is 20.5. The minimum absolute atomic E-state index is 0.0774. The van der Waals surface area contributed by atoms with Crippen LogP contribution in [0.25, 0.3) is 6.08 Å². The maximum Gasteiger partial charge on any atom is 0.266 e. The van der Waals surface area contributed by atoms with Gasteiger partial charge in [0.1, 0.15) is 18.2 Å². The van der Waals surface area contributed by atoms with Crippen LogP contribution in [-0.4, -0.2) is 13.0 Å². The van der Waals surface area contributed by atoms with Crippen LogP contribution in [-0.2, 0) is 11.4 Å². The highest BCUT2D eigenvalue weighted by Gasteiger charge is 2.15. The van der Waals surface area contributed by atoms with Crippen molar-refractivity contribution in [2.24, 2.45) is 0 Å². The largest absolute Gasteiger partial charge is 0.493 e. The van der Waals surface area contributed by atoms with Gasteiger partial charge in [0.2, 0.25) is 0 Å². The van der Waals surface area contributed by atoms with Crippen LogP contribution in [0.1, 0.15) is 11.1 Å². The average Bonchev–Trinajstić information content (AvgIpc) is 2.78. The van der Waals surface area contributed by atoms with E-state index in [1.54, 1.807) is 30.3 Å². The first kappa shape index (κ1) is 23.9. The summed E-state index contributed by atoms with van der Waals surface area (Å²) in [6.45, 7) is 0.201. The Hall–Kier alpha value is -2.73. The zero-order chi connectivity index (χ0) is 23.1. The Morgan fingerprint density at radius 2 is 1.84 bits per heavy atom. The number of amides is 1. The highest BCUT2D eigenvalue weighted by Crippen LogP contribution is 2.38. The molecule has 0 atom stereocenters. The summed E-state index contributed by atoms with van der Waals surface area (Å²) in [5.74, 6) is 0.182. The Labute approximate surface area is 209 Å². The number of anilines is 1. The molecule has 0 unspecified atom stereocenters. The van der Waals surface area contributed by atoms with Crippen molar-refractivity contribution in [2.45, 2.75) is 6.61 Å². The molecule has 5 nitrogen and oxygen atoms in total. The van der Waals surface area contributed by atoms with Crippen LogP contribution in [0.4, 0.5) is 5.69 Å². The van der Waals surface area contributed by atoms with Crippen molar-refractivity contribution in [2.75, 3.05) is 12.4 Å². The fourth-order valence-electron chi connectivity index (χ4n) is 2.78. The van der Waals surface area contributed by atoms with Crippen molar-refractivity contribution in [1.29, 1.82) is 5.26 Å². The number of carbonyl (C=O) groups is 1. The molecular formula is C24H17Cl2IN2O3. The van der Waals surface area contributed by atoms with Gasteiger partial charge < -0.3 is 14.8 Å². The number of halogens is 3. The summed E-state index contributed by atoms with van der Waals surface area (Å²) in [7, 11) is 1.48. The zero-order valence-electron chi connectivity index (χ0n) is 16.9. The molecule has 8 heteroatoms. The smallest absolute Gasteiger partial charge is 0.266 e. The van der Waals surface area contributed by atoms with E-state index in [2.05, 4.69) is 27.9 Å². The number of nitrogens with zero attached hydrogens (tertiary/aromatic N) is 1. The molecule has 1 N–H and O–H groups in total. The first-order valence-corrected chi connectivity index (χ1v) is 11.2. The number of nitriles is 1. The van der Waals surface area contributed by atoms with Crippen molar-refractivity contribution in [3.05, 3.63) is 91.0 Å². The van der Waals surface area contributed by atoms with Crippen molar-refractivity contribution in [3.8, 4) is 17.6 Å². The second-order valence-electron chi connectivity index (χ2n) is 6.55. The summed E-state index contributed by atoms with van der Waals surface area (Å²) in [5, 5.41) is 13.0. The molecule has 0 aliphatic carbocycles. The number of carbonyl (C=O) groups excluding carboxylic acids is 1. The van der Waals surface area contributed by atoms with Crippen LogP contribution in [0.2, 0.25) is 10.0 Å². The molecule has 0 bridgehead atoms. The maximum atomic E-state index is 12.5. The third kappa shape index (κ3) is 6.16. The predicted octanol–water partition coefficient (Wildman–Crippen LogP) is 6.73. The Morgan fingerprint density at radius 1 is 1.12 bits per heavy atom. The molecule has 0 saturated carbocycles. The quantitative estimate of drug-likeness (QED) is 0.192. The van der Waals surface area contributed by atoms with E-state index in [9.17, 15) is 10.1 Å². The van der Waals surface area contributed by atoms with Crippen molar-refractivity contribution < 1.29 is 14.3 Å². The van der Waals surface area contributed by atoms with Gasteiger partial charge in [0.25, 0.3) is 5.91 Å². The maximum absolute atomic E-state index is 12.5. The highest BCUT2D eigenvalue weighted by molar-refractivity contribution is 14.1. The standard InChI is InChI=1S/C24H17Cl2IN2O3/c1-31-22-12-15(10-17(13-28)24(30)29-19-8-6-18(27)7-9-19)11-21(26)23(22)32-14-16-4-2-3-5-20(16)25/h2-12H,14H2,1H3,(H,29,30)/b17-10+. The van der Waals surface area contributed by atoms with E-state index in [1.807, 2.05) is 36.4 Å². The van der Waals surface area contributed by atoms with Gasteiger partial charge in [-0.25, -0.2) is 0 Å². The van der Waals surface area contributed by atoms with Crippen molar-refractivity contribution in [1.82, 2.24) is 0 Å². The number of methoxy groups -OCH3 is 1. The summed E-state index contributed by atoms with van der Waals surface area (Å²) in [5.41, 5.74) is 1.84. The highest BCUT2D eigenvalue weighted by atomic mass is 127. The SMILES string of the molecule is COc1cc(/C=C(\C#N)C(=O)Nc2ccc(I)cc2)cc(Cl)c1OCc1ccccc1Cl. The minimum atomic E-state index is -0.525. The van der Waals surface area contributed by atoms with Gasteiger partial charge in [0.15, 0.2) is 11.5 Å². The van der Waals surface area contributed by atoms with E-state index in [-0.39, 0.29) is 17.2 Å². The van der Waals surface area contributed by atoms with E-state index in [1.165, 1.54) is 13.2 Å². The molecule has 0 spiro atoms. The molecule has 3 aromatic rings. The van der Waals surface area contributed by atoms with E-state index >= 15 is 0 Å². The van der Waals surface area contributed by atoms with Crippen LogP contribution < -0.4 is 14.8 Å². The Balaban J connectivity index is 1.82. The molecule has 0 heterocycles. The molecular weight excluding hydrogens is 562 g/mol. The molecule has 0 saturated heterocycles. The number of hydrogen-bond donors (Lipinski definition) is 1. The molecule has 3 aromatic carbocycles. The van der Waals surface area contributed by atoms with E-state index < -0.39 is 5.91 Å². The lowest BCUT2D eigenvalue weighted by Gasteiger charge is -2.14. The second kappa shape index (κ2) is 11.2. The number of rotatable bonds is 7. The summed E-state index contributed by atoms with van der Waals surface area (Å²) < 4.78 is 12.3. The van der Waals surface area contributed by atoms with Crippen LogP contribution in [0.15, 0.2) is 66.2 Å².